The molecule has 4 rings (SSSR count). The number of benzene rings is 1. The number of methoxy groups -OCH3 is 2. The number of nitrogens with one attached hydrogen (secondary N) is 2. The van der Waals surface area contributed by atoms with E-state index in [0.29, 0.717) is 35.5 Å². The molecule has 0 aliphatic heterocycles. The molecule has 1 aromatic carbocycles. The number of anilines is 2. The molecule has 0 aliphatic rings. The van der Waals surface area contributed by atoms with Crippen LogP contribution in [0, 0.1) is 0 Å². The van der Waals surface area contributed by atoms with E-state index in [0.717, 1.165) is 18.6 Å². The number of pyridine rings is 1. The van der Waals surface area contributed by atoms with Gasteiger partial charge in [0.05, 0.1) is 37.5 Å². The molecule has 0 aliphatic carbocycles. The van der Waals surface area contributed by atoms with E-state index in [-0.39, 0.29) is 18.2 Å². The van der Waals surface area contributed by atoms with Gasteiger partial charge in [0, 0.05) is 19.0 Å². The summed E-state index contributed by atoms with van der Waals surface area (Å²) in [6.07, 6.45) is 4.90. The van der Waals surface area contributed by atoms with Crippen molar-refractivity contribution in [3.63, 3.8) is 0 Å². The van der Waals surface area contributed by atoms with Crippen molar-refractivity contribution in [1.29, 1.82) is 0 Å². The van der Waals surface area contributed by atoms with E-state index in [9.17, 15) is 9.59 Å². The summed E-state index contributed by atoms with van der Waals surface area (Å²) in [4.78, 5) is 30.0. The van der Waals surface area contributed by atoms with Crippen LogP contribution >= 0.6 is 0 Å². The number of carbonyl (C=O) groups excluding carboxylic acids is 2. The predicted molar refractivity (Wildman–Crippen MR) is 132 cm³/mol. The molecule has 0 saturated carbocycles. The third-order valence-electron chi connectivity index (χ3n) is 5.55. The first-order valence-corrected chi connectivity index (χ1v) is 11.3. The summed E-state index contributed by atoms with van der Waals surface area (Å²) in [5, 5.41) is 6.71. The van der Waals surface area contributed by atoms with Gasteiger partial charge in [-0.15, -0.1) is 0 Å². The van der Waals surface area contributed by atoms with E-state index in [1.54, 1.807) is 12.5 Å². The first kappa shape index (κ1) is 24.0. The van der Waals surface area contributed by atoms with Crippen LogP contribution in [0.3, 0.4) is 0 Å². The van der Waals surface area contributed by atoms with Crippen LogP contribution < -0.4 is 10.6 Å². The Morgan fingerprint density at radius 3 is 2.66 bits per heavy atom. The highest BCUT2D eigenvalue weighted by Crippen LogP contribution is 2.33. The van der Waals surface area contributed by atoms with Crippen LogP contribution in [0.25, 0.3) is 11.0 Å². The van der Waals surface area contributed by atoms with Gasteiger partial charge in [-0.25, -0.2) is 9.78 Å². The monoisotopic (exact) mass is 476 g/mol. The van der Waals surface area contributed by atoms with Gasteiger partial charge < -0.3 is 29.1 Å². The molecule has 182 valence electrons. The van der Waals surface area contributed by atoms with Gasteiger partial charge in [-0.3, -0.25) is 4.79 Å². The quantitative estimate of drug-likeness (QED) is 0.312. The second kappa shape index (κ2) is 11.3. The number of aryl methyl sites for hydroxylation is 2. The third-order valence-corrected chi connectivity index (χ3v) is 5.55. The highest BCUT2D eigenvalue weighted by atomic mass is 16.5. The fourth-order valence-corrected chi connectivity index (χ4v) is 3.97. The van der Waals surface area contributed by atoms with Gasteiger partial charge in [-0.1, -0.05) is 30.3 Å². The van der Waals surface area contributed by atoms with Crippen LogP contribution in [-0.4, -0.2) is 42.3 Å². The maximum atomic E-state index is 12.9. The number of nitrogens with zero attached hydrogens (tertiary/aromatic N) is 2. The lowest BCUT2D eigenvalue weighted by Gasteiger charge is -2.11. The Kier molecular flexibility index (Phi) is 7.79. The summed E-state index contributed by atoms with van der Waals surface area (Å²) in [6, 6.07) is 15.7. The Bertz CT molecular complexity index is 1280. The first-order valence-electron chi connectivity index (χ1n) is 11.3. The zero-order valence-electron chi connectivity index (χ0n) is 19.7. The van der Waals surface area contributed by atoms with Gasteiger partial charge in [0.25, 0.3) is 0 Å². The van der Waals surface area contributed by atoms with Crippen molar-refractivity contribution in [2.45, 2.75) is 25.9 Å². The molecule has 0 fully saturated rings. The molecule has 2 N–H and O–H groups in total. The fraction of sp³-hybridized carbons (Fsp3) is 0.269. The molecule has 0 saturated heterocycles. The second-order valence-corrected chi connectivity index (χ2v) is 7.97. The zero-order chi connectivity index (χ0) is 24.6. The molecule has 3 heterocycles. The van der Waals surface area contributed by atoms with Gasteiger partial charge in [0.2, 0.25) is 5.91 Å². The molecular formula is C26H28N4O5. The molecule has 35 heavy (non-hydrogen) atoms. The Hall–Kier alpha value is -4.11. The summed E-state index contributed by atoms with van der Waals surface area (Å²) in [5.74, 6) is -0.164. The van der Waals surface area contributed by atoms with Crippen molar-refractivity contribution in [2.24, 2.45) is 0 Å². The number of furan rings is 1. The lowest BCUT2D eigenvalue weighted by Crippen LogP contribution is -2.20. The van der Waals surface area contributed by atoms with E-state index in [2.05, 4.69) is 27.8 Å². The number of esters is 1. The normalized spacial score (nSPS) is 10.9. The number of fused-ring (bicyclic) bond motifs is 1. The van der Waals surface area contributed by atoms with Crippen molar-refractivity contribution >= 4 is 34.3 Å². The summed E-state index contributed by atoms with van der Waals surface area (Å²) in [5.41, 5.74) is 3.09. The minimum absolute atomic E-state index is 0.148. The molecule has 9 heteroatoms. The van der Waals surface area contributed by atoms with Crippen molar-refractivity contribution in [3.05, 3.63) is 78.0 Å². The smallest absolute Gasteiger partial charge is 0.356 e. The van der Waals surface area contributed by atoms with Gasteiger partial charge in [0.15, 0.2) is 5.69 Å². The second-order valence-electron chi connectivity index (χ2n) is 7.97. The van der Waals surface area contributed by atoms with Gasteiger partial charge >= 0.3 is 5.97 Å². The average Bonchev–Trinajstić information content (AvgIpc) is 3.50. The lowest BCUT2D eigenvalue weighted by atomic mass is 10.1. The Balaban J connectivity index is 1.71. The number of ether oxygens (including phenoxy) is 2. The van der Waals surface area contributed by atoms with Gasteiger partial charge in [0.1, 0.15) is 18.0 Å². The number of aromatic nitrogens is 2. The zero-order valence-corrected chi connectivity index (χ0v) is 19.7. The van der Waals surface area contributed by atoms with Gasteiger partial charge in [-0.05, 0) is 36.6 Å². The number of hydrogen-bond donors (Lipinski definition) is 2. The fourth-order valence-electron chi connectivity index (χ4n) is 3.97. The van der Waals surface area contributed by atoms with E-state index in [4.69, 9.17) is 13.9 Å². The number of amides is 1. The summed E-state index contributed by atoms with van der Waals surface area (Å²) in [7, 11) is 2.75. The average molecular weight is 477 g/mol. The molecule has 4 aromatic rings. The summed E-state index contributed by atoms with van der Waals surface area (Å²) in [6.45, 7) is 0.834. The van der Waals surface area contributed by atoms with Crippen molar-refractivity contribution in [3.8, 4) is 0 Å². The predicted octanol–water partition coefficient (Wildman–Crippen LogP) is 4.25. The Morgan fingerprint density at radius 2 is 1.94 bits per heavy atom. The van der Waals surface area contributed by atoms with Crippen molar-refractivity contribution < 1.29 is 23.5 Å². The number of rotatable bonds is 11. The molecule has 1 amide bonds. The van der Waals surface area contributed by atoms with E-state index in [1.165, 1.54) is 19.8 Å². The topological polar surface area (TPSA) is 108 Å². The SMILES string of the molecule is COCC(=O)Nc1c(C(=O)OC)n(CCCc2ccccc2)c2ncc(NCc3ccco3)cc12. The molecule has 9 nitrogen and oxygen atoms in total. The van der Waals surface area contributed by atoms with E-state index < -0.39 is 5.97 Å². The van der Waals surface area contributed by atoms with Gasteiger partial charge in [-0.2, -0.15) is 0 Å². The molecule has 0 atom stereocenters. The molecule has 0 bridgehead atoms. The van der Waals surface area contributed by atoms with Crippen LogP contribution in [0.2, 0.25) is 0 Å². The highest BCUT2D eigenvalue weighted by molar-refractivity contribution is 6.11. The summed E-state index contributed by atoms with van der Waals surface area (Å²) < 4.78 is 17.2. The Labute approximate surface area is 203 Å². The molecule has 0 spiro atoms. The largest absolute Gasteiger partial charge is 0.467 e. The lowest BCUT2D eigenvalue weighted by molar-refractivity contribution is -0.119. The Morgan fingerprint density at radius 1 is 1.11 bits per heavy atom. The summed E-state index contributed by atoms with van der Waals surface area (Å²) >= 11 is 0. The minimum atomic E-state index is -0.555. The van der Waals surface area contributed by atoms with Crippen LogP contribution in [0.15, 0.2) is 65.4 Å². The number of hydrogen-bond acceptors (Lipinski definition) is 7. The minimum Gasteiger partial charge on any atom is -0.467 e. The van der Waals surface area contributed by atoms with E-state index >= 15 is 0 Å². The first-order chi connectivity index (χ1) is 17.1. The molecule has 0 radical (unpaired) electrons. The van der Waals surface area contributed by atoms with Crippen LogP contribution in [0.5, 0.6) is 0 Å². The standard InChI is InChI=1S/C26H28N4O5/c1-33-17-22(31)29-23-21-14-19(27-16-20-11-7-13-35-20)15-28-25(21)30(24(23)26(32)34-2)12-6-10-18-8-4-3-5-9-18/h3-5,7-9,11,13-15,27H,6,10,12,16-17H2,1-2H3,(H,29,31). The van der Waals surface area contributed by atoms with Crippen molar-refractivity contribution in [1.82, 2.24) is 9.55 Å². The molecular weight excluding hydrogens is 448 g/mol. The third kappa shape index (κ3) is 5.70. The van der Waals surface area contributed by atoms with E-state index in [1.807, 2.05) is 41.0 Å². The number of carbonyl (C=O) groups is 2. The van der Waals surface area contributed by atoms with Crippen molar-refractivity contribution in [2.75, 3.05) is 31.5 Å². The van der Waals surface area contributed by atoms with Crippen LogP contribution in [-0.2, 0) is 33.8 Å². The maximum absolute atomic E-state index is 12.9. The highest BCUT2D eigenvalue weighted by Gasteiger charge is 2.26. The van der Waals surface area contributed by atoms with Crippen LogP contribution in [0.4, 0.5) is 11.4 Å². The molecule has 0 unspecified atom stereocenters. The maximum Gasteiger partial charge on any atom is 0.356 e. The molecule has 3 aromatic heterocycles. The van der Waals surface area contributed by atoms with Crippen LogP contribution in [0.1, 0.15) is 28.2 Å².